The number of halogens is 3. The first-order valence-corrected chi connectivity index (χ1v) is 3.96. The molecule has 0 saturated heterocycles. The summed E-state index contributed by atoms with van der Waals surface area (Å²) in [4.78, 5) is 3.53. The zero-order chi connectivity index (χ0) is 9.35. The highest BCUT2D eigenvalue weighted by molar-refractivity contribution is 7.09. The van der Waals surface area contributed by atoms with Crippen LogP contribution in [0, 0.1) is 6.92 Å². The lowest BCUT2D eigenvalue weighted by atomic mass is 10.3. The third-order valence-electron chi connectivity index (χ3n) is 1.23. The molecular weight excluding hydrogens is 191 g/mol. The monoisotopic (exact) mass is 197 g/mol. The molecule has 0 aromatic carbocycles. The predicted octanol–water partition coefficient (Wildman–Crippen LogP) is 2.05. The number of aromatic nitrogens is 1. The smallest absolute Gasteiger partial charge is 0.378 e. The van der Waals surface area contributed by atoms with E-state index in [0.717, 1.165) is 11.3 Å². The van der Waals surface area contributed by atoms with Gasteiger partial charge in [-0.3, -0.25) is 0 Å². The highest BCUT2D eigenvalue weighted by Gasteiger charge is 2.40. The molecule has 1 atom stereocenters. The molecule has 1 aromatic rings. The molecule has 12 heavy (non-hydrogen) atoms. The molecule has 1 N–H and O–H groups in total. The van der Waals surface area contributed by atoms with E-state index in [0.29, 0.717) is 5.01 Å². The average molecular weight is 197 g/mol. The highest BCUT2D eigenvalue weighted by Crippen LogP contribution is 2.32. The molecule has 0 aliphatic heterocycles. The largest absolute Gasteiger partial charge is 0.420 e. The normalized spacial score (nSPS) is 14.8. The minimum atomic E-state index is -4.62. The summed E-state index contributed by atoms with van der Waals surface area (Å²) in [6.07, 6.45) is -7.08. The second-order valence-electron chi connectivity index (χ2n) is 2.24. The van der Waals surface area contributed by atoms with Crippen molar-refractivity contribution >= 4 is 11.3 Å². The van der Waals surface area contributed by atoms with Crippen molar-refractivity contribution < 1.29 is 18.3 Å². The average Bonchev–Trinajstić information content (AvgIpc) is 2.32. The summed E-state index contributed by atoms with van der Waals surface area (Å²) in [7, 11) is 0. The second-order valence-corrected chi connectivity index (χ2v) is 3.30. The molecule has 1 rings (SSSR count). The molecule has 68 valence electrons. The Morgan fingerprint density at radius 2 is 2.17 bits per heavy atom. The molecule has 0 saturated carbocycles. The molecular formula is C6H6F3NOS. The minimum Gasteiger partial charge on any atom is -0.378 e. The van der Waals surface area contributed by atoms with Crippen LogP contribution < -0.4 is 0 Å². The summed E-state index contributed by atoms with van der Waals surface area (Å²) < 4.78 is 35.6. The van der Waals surface area contributed by atoms with Crippen LogP contribution in [-0.4, -0.2) is 16.3 Å². The molecule has 0 spiro atoms. The van der Waals surface area contributed by atoms with Crippen molar-refractivity contribution in [2.45, 2.75) is 19.2 Å². The number of aryl methyl sites for hydroxylation is 1. The van der Waals surface area contributed by atoms with Gasteiger partial charge in [0.1, 0.15) is 0 Å². The number of alkyl halides is 3. The number of aliphatic hydroxyl groups is 1. The minimum absolute atomic E-state index is 0.329. The number of hydrogen-bond acceptors (Lipinski definition) is 3. The van der Waals surface area contributed by atoms with Gasteiger partial charge < -0.3 is 5.11 Å². The number of thiazole rings is 1. The summed E-state index contributed by atoms with van der Waals surface area (Å²) in [6.45, 7) is 1.58. The van der Waals surface area contributed by atoms with Crippen LogP contribution in [0.1, 0.15) is 16.8 Å². The maximum Gasteiger partial charge on any atom is 0.420 e. The van der Waals surface area contributed by atoms with Crippen molar-refractivity contribution in [2.24, 2.45) is 0 Å². The van der Waals surface area contributed by atoms with Crippen LogP contribution in [0.5, 0.6) is 0 Å². The molecule has 1 aromatic heterocycles. The fourth-order valence-corrected chi connectivity index (χ4v) is 1.30. The first-order chi connectivity index (χ1) is 5.41. The Morgan fingerprint density at radius 1 is 1.58 bits per heavy atom. The maximum absolute atomic E-state index is 11.9. The van der Waals surface area contributed by atoms with Crippen LogP contribution in [-0.2, 0) is 0 Å². The zero-order valence-corrected chi connectivity index (χ0v) is 6.91. The van der Waals surface area contributed by atoms with Gasteiger partial charge >= 0.3 is 6.18 Å². The quantitative estimate of drug-likeness (QED) is 0.747. The first-order valence-electron chi connectivity index (χ1n) is 3.08. The third-order valence-corrected chi connectivity index (χ3v) is 2.02. The van der Waals surface area contributed by atoms with Crippen LogP contribution in [0.25, 0.3) is 0 Å². The molecule has 0 fully saturated rings. The number of hydrogen-bond donors (Lipinski definition) is 1. The molecule has 0 aliphatic carbocycles. The summed E-state index contributed by atoms with van der Waals surface area (Å²) in [5.74, 6) is 0. The van der Waals surface area contributed by atoms with E-state index in [1.54, 1.807) is 6.92 Å². The van der Waals surface area contributed by atoms with Gasteiger partial charge in [-0.15, -0.1) is 11.3 Å². The Kier molecular flexibility index (Phi) is 2.39. The van der Waals surface area contributed by atoms with Crippen LogP contribution >= 0.6 is 11.3 Å². The van der Waals surface area contributed by atoms with Crippen LogP contribution in [0.2, 0.25) is 0 Å². The van der Waals surface area contributed by atoms with Crippen molar-refractivity contribution in [3.05, 3.63) is 16.1 Å². The van der Waals surface area contributed by atoms with Gasteiger partial charge in [-0.05, 0) is 6.92 Å². The summed E-state index contributed by atoms with van der Waals surface area (Å²) in [5.41, 5.74) is -0.329. The Labute approximate surface area is 70.7 Å². The van der Waals surface area contributed by atoms with E-state index < -0.39 is 12.3 Å². The zero-order valence-electron chi connectivity index (χ0n) is 6.09. The lowest BCUT2D eigenvalue weighted by Crippen LogP contribution is -2.20. The SMILES string of the molecule is Cc1nc(C(O)C(F)(F)F)cs1. The predicted molar refractivity (Wildman–Crippen MR) is 37.9 cm³/mol. The lowest BCUT2D eigenvalue weighted by molar-refractivity contribution is -0.207. The Bertz CT molecular complexity index is 270. The van der Waals surface area contributed by atoms with E-state index >= 15 is 0 Å². The van der Waals surface area contributed by atoms with Crippen LogP contribution in [0.3, 0.4) is 0 Å². The molecule has 6 heteroatoms. The van der Waals surface area contributed by atoms with Crippen molar-refractivity contribution in [2.75, 3.05) is 0 Å². The molecule has 0 bridgehead atoms. The summed E-state index contributed by atoms with van der Waals surface area (Å²) >= 11 is 1.08. The summed E-state index contributed by atoms with van der Waals surface area (Å²) in [6, 6.07) is 0. The highest BCUT2D eigenvalue weighted by atomic mass is 32.1. The van der Waals surface area contributed by atoms with Gasteiger partial charge in [0.25, 0.3) is 0 Å². The second kappa shape index (κ2) is 3.02. The van der Waals surface area contributed by atoms with E-state index in [1.807, 2.05) is 0 Å². The van der Waals surface area contributed by atoms with E-state index in [4.69, 9.17) is 5.11 Å². The lowest BCUT2D eigenvalue weighted by Gasteiger charge is -2.11. The first kappa shape index (κ1) is 9.47. The number of nitrogens with zero attached hydrogens (tertiary/aromatic N) is 1. The van der Waals surface area contributed by atoms with Crippen LogP contribution in [0.4, 0.5) is 13.2 Å². The topological polar surface area (TPSA) is 33.1 Å². The maximum atomic E-state index is 11.9. The number of rotatable bonds is 1. The fourth-order valence-electron chi connectivity index (χ4n) is 0.673. The van der Waals surface area contributed by atoms with Gasteiger partial charge in [-0.25, -0.2) is 4.98 Å². The molecule has 1 heterocycles. The van der Waals surface area contributed by atoms with Gasteiger partial charge in [0.15, 0.2) is 6.10 Å². The Balaban J connectivity index is 2.85. The van der Waals surface area contributed by atoms with Crippen LogP contribution in [0.15, 0.2) is 5.38 Å². The molecule has 2 nitrogen and oxygen atoms in total. The fraction of sp³-hybridized carbons (Fsp3) is 0.500. The standard InChI is InChI=1S/C6H6F3NOS/c1-3-10-4(2-12-3)5(11)6(7,8)9/h2,5,11H,1H3. The van der Waals surface area contributed by atoms with Crippen molar-refractivity contribution in [1.82, 2.24) is 4.98 Å². The van der Waals surface area contributed by atoms with E-state index in [9.17, 15) is 13.2 Å². The van der Waals surface area contributed by atoms with Gasteiger partial charge in [0, 0.05) is 5.38 Å². The Hall–Kier alpha value is -0.620. The van der Waals surface area contributed by atoms with Crippen molar-refractivity contribution in [3.8, 4) is 0 Å². The summed E-state index contributed by atoms with van der Waals surface area (Å²) in [5, 5.41) is 10.4. The van der Waals surface area contributed by atoms with Crippen molar-refractivity contribution in [3.63, 3.8) is 0 Å². The van der Waals surface area contributed by atoms with Gasteiger partial charge in [-0.2, -0.15) is 13.2 Å². The van der Waals surface area contributed by atoms with E-state index in [1.165, 1.54) is 5.38 Å². The molecule has 0 radical (unpaired) electrons. The van der Waals surface area contributed by atoms with Gasteiger partial charge in [0.2, 0.25) is 0 Å². The molecule has 0 amide bonds. The van der Waals surface area contributed by atoms with E-state index in [-0.39, 0.29) is 5.69 Å². The third kappa shape index (κ3) is 1.95. The van der Waals surface area contributed by atoms with Gasteiger partial charge in [0.05, 0.1) is 10.7 Å². The molecule has 1 unspecified atom stereocenters. The van der Waals surface area contributed by atoms with Gasteiger partial charge in [-0.1, -0.05) is 0 Å². The Morgan fingerprint density at radius 3 is 2.50 bits per heavy atom. The van der Waals surface area contributed by atoms with E-state index in [2.05, 4.69) is 4.98 Å². The van der Waals surface area contributed by atoms with Crippen molar-refractivity contribution in [1.29, 1.82) is 0 Å². The number of aliphatic hydroxyl groups excluding tert-OH is 1. The molecule has 0 aliphatic rings.